The SMILES string of the molecule is COc1ccc(CCC(=O)N(Cc2ccccc2)[C@@H](Cc2ccccc2)C(=O)NC2CCCC2)cc1OC. The lowest BCUT2D eigenvalue weighted by molar-refractivity contribution is -0.141. The minimum atomic E-state index is -0.601. The highest BCUT2D eigenvalue weighted by Crippen LogP contribution is 2.28. The lowest BCUT2D eigenvalue weighted by Gasteiger charge is -2.32. The van der Waals surface area contributed by atoms with Crippen LogP contribution in [0.2, 0.25) is 0 Å². The van der Waals surface area contributed by atoms with E-state index in [1.54, 1.807) is 19.1 Å². The van der Waals surface area contributed by atoms with Crippen LogP contribution in [-0.4, -0.2) is 43.0 Å². The Labute approximate surface area is 226 Å². The standard InChI is InChI=1S/C32H38N2O4/c1-37-29-19-17-25(22-30(29)38-2)18-20-31(35)34(23-26-13-7-4-8-14-26)28(21-24-11-5-3-6-12-24)32(36)33-27-15-9-10-16-27/h3-8,11-14,17,19,22,27-28H,9-10,15-16,18,20-21,23H2,1-2H3,(H,33,36)/t28-/m0/s1. The first kappa shape index (κ1) is 27.2. The van der Waals surface area contributed by atoms with Gasteiger partial charge in [-0.2, -0.15) is 0 Å². The molecule has 6 nitrogen and oxygen atoms in total. The van der Waals surface area contributed by atoms with Gasteiger partial charge in [-0.1, -0.05) is 79.6 Å². The molecule has 0 bridgehead atoms. The monoisotopic (exact) mass is 514 g/mol. The number of rotatable bonds is 12. The number of hydrogen-bond donors (Lipinski definition) is 1. The molecule has 4 rings (SSSR count). The molecule has 6 heteroatoms. The van der Waals surface area contributed by atoms with Crippen molar-refractivity contribution in [2.45, 2.75) is 63.6 Å². The molecule has 1 fully saturated rings. The van der Waals surface area contributed by atoms with Crippen LogP contribution in [0, 0.1) is 0 Å². The zero-order valence-electron chi connectivity index (χ0n) is 22.4. The first-order chi connectivity index (χ1) is 18.6. The van der Waals surface area contributed by atoms with Gasteiger partial charge in [-0.3, -0.25) is 9.59 Å². The normalized spacial score (nSPS) is 14.1. The van der Waals surface area contributed by atoms with E-state index >= 15 is 0 Å². The maximum atomic E-state index is 13.9. The molecule has 0 radical (unpaired) electrons. The van der Waals surface area contributed by atoms with Gasteiger partial charge in [0.1, 0.15) is 6.04 Å². The predicted molar refractivity (Wildman–Crippen MR) is 149 cm³/mol. The van der Waals surface area contributed by atoms with Crippen molar-refractivity contribution in [3.63, 3.8) is 0 Å². The van der Waals surface area contributed by atoms with Crippen LogP contribution in [0.5, 0.6) is 11.5 Å². The van der Waals surface area contributed by atoms with E-state index in [1.165, 1.54) is 0 Å². The second-order valence-corrected chi connectivity index (χ2v) is 9.89. The van der Waals surface area contributed by atoms with Crippen LogP contribution in [0.1, 0.15) is 48.8 Å². The Morgan fingerprint density at radius 3 is 2.11 bits per heavy atom. The Kier molecular flexibility index (Phi) is 9.79. The number of carbonyl (C=O) groups excluding carboxylic acids is 2. The van der Waals surface area contributed by atoms with E-state index in [0.29, 0.717) is 30.9 Å². The van der Waals surface area contributed by atoms with Gasteiger partial charge in [-0.15, -0.1) is 0 Å². The zero-order chi connectivity index (χ0) is 26.7. The number of nitrogens with zero attached hydrogens (tertiary/aromatic N) is 1. The maximum absolute atomic E-state index is 13.9. The summed E-state index contributed by atoms with van der Waals surface area (Å²) in [6.45, 7) is 0.376. The van der Waals surface area contributed by atoms with E-state index in [1.807, 2.05) is 78.9 Å². The highest BCUT2D eigenvalue weighted by molar-refractivity contribution is 5.88. The molecular weight excluding hydrogens is 476 g/mol. The van der Waals surface area contributed by atoms with Gasteiger partial charge in [-0.25, -0.2) is 0 Å². The zero-order valence-corrected chi connectivity index (χ0v) is 22.4. The molecule has 0 saturated heterocycles. The van der Waals surface area contributed by atoms with Gasteiger partial charge >= 0.3 is 0 Å². The van der Waals surface area contributed by atoms with Crippen molar-refractivity contribution in [2.24, 2.45) is 0 Å². The molecule has 1 saturated carbocycles. The van der Waals surface area contributed by atoms with Crippen molar-refractivity contribution < 1.29 is 19.1 Å². The van der Waals surface area contributed by atoms with Gasteiger partial charge in [-0.05, 0) is 48.1 Å². The van der Waals surface area contributed by atoms with Crippen LogP contribution < -0.4 is 14.8 Å². The van der Waals surface area contributed by atoms with Gasteiger partial charge in [0, 0.05) is 25.4 Å². The maximum Gasteiger partial charge on any atom is 0.243 e. The Hall–Kier alpha value is -3.80. The Morgan fingerprint density at radius 2 is 1.47 bits per heavy atom. The molecule has 1 N–H and O–H groups in total. The quantitative estimate of drug-likeness (QED) is 0.355. The summed E-state index contributed by atoms with van der Waals surface area (Å²) in [6.07, 6.45) is 5.54. The Morgan fingerprint density at radius 1 is 0.842 bits per heavy atom. The van der Waals surface area contributed by atoms with Gasteiger partial charge in [0.25, 0.3) is 0 Å². The fourth-order valence-corrected chi connectivity index (χ4v) is 5.13. The Bertz CT molecular complexity index is 1180. The summed E-state index contributed by atoms with van der Waals surface area (Å²) >= 11 is 0. The second-order valence-electron chi connectivity index (χ2n) is 9.89. The van der Waals surface area contributed by atoms with E-state index in [9.17, 15) is 9.59 Å². The minimum absolute atomic E-state index is 0.0499. The first-order valence-electron chi connectivity index (χ1n) is 13.5. The van der Waals surface area contributed by atoms with Crippen LogP contribution in [0.3, 0.4) is 0 Å². The average Bonchev–Trinajstić information content (AvgIpc) is 3.47. The number of nitrogens with one attached hydrogen (secondary N) is 1. The lowest BCUT2D eigenvalue weighted by Crippen LogP contribution is -2.52. The largest absolute Gasteiger partial charge is 0.493 e. The molecule has 0 spiro atoms. The number of amides is 2. The summed E-state index contributed by atoms with van der Waals surface area (Å²) in [5, 5.41) is 3.26. The van der Waals surface area contributed by atoms with Gasteiger partial charge in [0.15, 0.2) is 11.5 Å². The fraction of sp³-hybridized carbons (Fsp3) is 0.375. The van der Waals surface area contributed by atoms with Crippen molar-refractivity contribution in [2.75, 3.05) is 14.2 Å². The highest BCUT2D eigenvalue weighted by Gasteiger charge is 2.32. The van der Waals surface area contributed by atoms with Crippen molar-refractivity contribution in [3.8, 4) is 11.5 Å². The molecule has 3 aromatic carbocycles. The van der Waals surface area contributed by atoms with Crippen LogP contribution in [0.15, 0.2) is 78.9 Å². The summed E-state index contributed by atoms with van der Waals surface area (Å²) in [5.41, 5.74) is 3.01. The van der Waals surface area contributed by atoms with Crippen molar-refractivity contribution in [1.29, 1.82) is 0 Å². The summed E-state index contributed by atoms with van der Waals surface area (Å²) in [4.78, 5) is 29.4. The number of hydrogen-bond acceptors (Lipinski definition) is 4. The van der Waals surface area contributed by atoms with Gasteiger partial charge in [0.2, 0.25) is 11.8 Å². The third-order valence-corrected chi connectivity index (χ3v) is 7.24. The molecule has 3 aromatic rings. The second kappa shape index (κ2) is 13.7. The molecule has 1 aliphatic carbocycles. The number of carbonyl (C=O) groups is 2. The van der Waals surface area contributed by atoms with E-state index in [2.05, 4.69) is 5.32 Å². The van der Waals surface area contributed by atoms with Crippen LogP contribution in [0.25, 0.3) is 0 Å². The molecule has 38 heavy (non-hydrogen) atoms. The molecule has 1 aliphatic rings. The number of aryl methyl sites for hydroxylation is 1. The summed E-state index contributed by atoms with van der Waals surface area (Å²) in [6, 6.07) is 25.1. The van der Waals surface area contributed by atoms with E-state index in [0.717, 1.165) is 42.4 Å². The van der Waals surface area contributed by atoms with Crippen molar-refractivity contribution >= 4 is 11.8 Å². The smallest absolute Gasteiger partial charge is 0.243 e. The topological polar surface area (TPSA) is 67.9 Å². The molecule has 0 aromatic heterocycles. The summed E-state index contributed by atoms with van der Waals surface area (Å²) in [5.74, 6) is 1.17. The molecule has 200 valence electrons. The van der Waals surface area contributed by atoms with Crippen molar-refractivity contribution in [3.05, 3.63) is 95.6 Å². The van der Waals surface area contributed by atoms with Gasteiger partial charge < -0.3 is 19.7 Å². The molecular formula is C32H38N2O4. The van der Waals surface area contributed by atoms with E-state index in [4.69, 9.17) is 9.47 Å². The summed E-state index contributed by atoms with van der Waals surface area (Å²) in [7, 11) is 3.21. The van der Waals surface area contributed by atoms with Crippen molar-refractivity contribution in [1.82, 2.24) is 10.2 Å². The summed E-state index contributed by atoms with van der Waals surface area (Å²) < 4.78 is 10.8. The number of methoxy groups -OCH3 is 2. The van der Waals surface area contributed by atoms with E-state index < -0.39 is 6.04 Å². The molecule has 0 aliphatic heterocycles. The molecule has 0 heterocycles. The fourth-order valence-electron chi connectivity index (χ4n) is 5.13. The molecule has 1 atom stereocenters. The third kappa shape index (κ3) is 7.37. The third-order valence-electron chi connectivity index (χ3n) is 7.24. The van der Waals surface area contributed by atoms with Crippen LogP contribution >= 0.6 is 0 Å². The average molecular weight is 515 g/mol. The minimum Gasteiger partial charge on any atom is -0.493 e. The lowest BCUT2D eigenvalue weighted by atomic mass is 10.0. The van der Waals surface area contributed by atoms with Crippen LogP contribution in [-0.2, 0) is 29.0 Å². The first-order valence-corrected chi connectivity index (χ1v) is 13.5. The molecule has 2 amide bonds. The predicted octanol–water partition coefficient (Wildman–Crippen LogP) is 5.34. The number of ether oxygens (including phenoxy) is 2. The van der Waals surface area contributed by atoms with Crippen LogP contribution in [0.4, 0.5) is 0 Å². The number of benzene rings is 3. The van der Waals surface area contributed by atoms with Gasteiger partial charge in [0.05, 0.1) is 14.2 Å². The van der Waals surface area contributed by atoms with E-state index in [-0.39, 0.29) is 24.3 Å². The highest BCUT2D eigenvalue weighted by atomic mass is 16.5. The Balaban J connectivity index is 1.59. The molecule has 0 unspecified atom stereocenters.